The number of rotatable bonds is 15. The molecule has 3 nitrogen and oxygen atoms in total. The molecule has 0 aliphatic rings. The first-order valence-corrected chi connectivity index (χ1v) is 12.5. The van der Waals surface area contributed by atoms with Gasteiger partial charge >= 0.3 is 5.97 Å². The standard InChI is InChI=1S/C25H34O3S2/c1-3-20-27-21-12-11-18-25(19-17-24(26)28-4-2,29-22-13-7-5-8-14-22)30-23-15-9-6-10-16-23/h5-10,13-16H,3-4,11-12,17-21H2,1-2H3. The lowest BCUT2D eigenvalue weighted by Gasteiger charge is -2.33. The Morgan fingerprint density at radius 1 is 0.833 bits per heavy atom. The van der Waals surface area contributed by atoms with E-state index in [-0.39, 0.29) is 10.0 Å². The van der Waals surface area contributed by atoms with E-state index in [1.165, 1.54) is 9.79 Å². The molecule has 0 atom stereocenters. The number of carbonyl (C=O) groups excluding carboxylic acids is 1. The number of benzene rings is 2. The molecule has 2 rings (SSSR count). The van der Waals surface area contributed by atoms with Crippen molar-refractivity contribution >= 4 is 29.5 Å². The number of ether oxygens (including phenoxy) is 2. The predicted molar refractivity (Wildman–Crippen MR) is 128 cm³/mol. The van der Waals surface area contributed by atoms with Crippen molar-refractivity contribution in [1.29, 1.82) is 0 Å². The normalized spacial score (nSPS) is 11.4. The van der Waals surface area contributed by atoms with Crippen molar-refractivity contribution in [3.8, 4) is 0 Å². The van der Waals surface area contributed by atoms with Crippen molar-refractivity contribution in [1.82, 2.24) is 0 Å². The summed E-state index contributed by atoms with van der Waals surface area (Å²) in [7, 11) is 0. The second-order valence-corrected chi connectivity index (χ2v) is 10.3. The number of hydrogen-bond donors (Lipinski definition) is 0. The van der Waals surface area contributed by atoms with Crippen molar-refractivity contribution in [2.75, 3.05) is 19.8 Å². The predicted octanol–water partition coefficient (Wildman–Crippen LogP) is 7.21. The zero-order valence-corrected chi connectivity index (χ0v) is 19.8. The van der Waals surface area contributed by atoms with Crippen LogP contribution in [0, 0.1) is 0 Å². The molecule has 2 aromatic rings. The van der Waals surface area contributed by atoms with Crippen LogP contribution in [0.4, 0.5) is 0 Å². The van der Waals surface area contributed by atoms with Crippen LogP contribution in [-0.4, -0.2) is 29.9 Å². The van der Waals surface area contributed by atoms with Crippen LogP contribution in [0.5, 0.6) is 0 Å². The highest BCUT2D eigenvalue weighted by Gasteiger charge is 2.33. The second kappa shape index (κ2) is 14.6. The first-order chi connectivity index (χ1) is 14.7. The molecule has 5 heteroatoms. The summed E-state index contributed by atoms with van der Waals surface area (Å²) in [6, 6.07) is 21.0. The van der Waals surface area contributed by atoms with Gasteiger partial charge in [-0.3, -0.25) is 4.79 Å². The Bertz CT molecular complexity index is 665. The zero-order chi connectivity index (χ0) is 21.5. The largest absolute Gasteiger partial charge is 0.466 e. The average molecular weight is 447 g/mol. The fraction of sp³-hybridized carbons (Fsp3) is 0.480. The number of hydrogen-bond acceptors (Lipinski definition) is 5. The molecular formula is C25H34O3S2. The fourth-order valence-electron chi connectivity index (χ4n) is 3.13. The van der Waals surface area contributed by atoms with Crippen LogP contribution in [0.2, 0.25) is 0 Å². The van der Waals surface area contributed by atoms with Crippen LogP contribution < -0.4 is 0 Å². The molecule has 0 spiro atoms. The lowest BCUT2D eigenvalue weighted by Crippen LogP contribution is -2.23. The summed E-state index contributed by atoms with van der Waals surface area (Å²) in [6.45, 7) is 6.05. The molecule has 0 amide bonds. The first-order valence-electron chi connectivity index (χ1n) is 10.9. The monoisotopic (exact) mass is 446 g/mol. The molecular weight excluding hydrogens is 412 g/mol. The Morgan fingerprint density at radius 3 is 1.97 bits per heavy atom. The molecule has 0 aliphatic carbocycles. The maximum Gasteiger partial charge on any atom is 0.305 e. The highest BCUT2D eigenvalue weighted by molar-refractivity contribution is 8.18. The summed E-state index contributed by atoms with van der Waals surface area (Å²) in [6.07, 6.45) is 5.34. The van der Waals surface area contributed by atoms with Crippen LogP contribution in [-0.2, 0) is 14.3 Å². The van der Waals surface area contributed by atoms with Gasteiger partial charge in [-0.15, -0.1) is 23.5 Å². The minimum atomic E-state index is -0.139. The molecule has 164 valence electrons. The molecule has 0 radical (unpaired) electrons. The summed E-state index contributed by atoms with van der Waals surface area (Å²) in [5.74, 6) is -0.115. The summed E-state index contributed by atoms with van der Waals surface area (Å²) in [5.41, 5.74) is 0. The highest BCUT2D eigenvalue weighted by Crippen LogP contribution is 2.51. The van der Waals surface area contributed by atoms with Crippen LogP contribution in [0.25, 0.3) is 0 Å². The third-order valence-electron chi connectivity index (χ3n) is 4.55. The Kier molecular flexibility index (Phi) is 12.0. The van der Waals surface area contributed by atoms with E-state index in [1.54, 1.807) is 0 Å². The Labute approximate surface area is 190 Å². The first kappa shape index (κ1) is 24.8. The summed E-state index contributed by atoms with van der Waals surface area (Å²) in [4.78, 5) is 14.6. The SMILES string of the molecule is CCCOCCCCC(CCC(=O)OCC)(Sc1ccccc1)Sc1ccccc1. The highest BCUT2D eigenvalue weighted by atomic mass is 32.2. The van der Waals surface area contributed by atoms with E-state index in [1.807, 2.05) is 42.6 Å². The summed E-state index contributed by atoms with van der Waals surface area (Å²) >= 11 is 3.75. The van der Waals surface area contributed by atoms with Gasteiger partial charge < -0.3 is 9.47 Å². The Morgan fingerprint density at radius 2 is 1.43 bits per heavy atom. The molecule has 2 aromatic carbocycles. The lowest BCUT2D eigenvalue weighted by atomic mass is 10.1. The van der Waals surface area contributed by atoms with E-state index in [9.17, 15) is 4.79 Å². The van der Waals surface area contributed by atoms with Gasteiger partial charge in [-0.2, -0.15) is 0 Å². The summed E-state index contributed by atoms with van der Waals surface area (Å²) < 4.78 is 10.8. The fourth-order valence-corrected chi connectivity index (χ4v) is 6.22. The average Bonchev–Trinajstić information content (AvgIpc) is 2.76. The number of thioether (sulfide) groups is 2. The zero-order valence-electron chi connectivity index (χ0n) is 18.2. The van der Waals surface area contributed by atoms with E-state index in [2.05, 4.69) is 55.5 Å². The Hall–Kier alpha value is -1.43. The van der Waals surface area contributed by atoms with E-state index in [0.29, 0.717) is 13.0 Å². The lowest BCUT2D eigenvalue weighted by molar-refractivity contribution is -0.143. The topological polar surface area (TPSA) is 35.5 Å². The van der Waals surface area contributed by atoms with Gasteiger partial charge in [-0.1, -0.05) is 43.3 Å². The van der Waals surface area contributed by atoms with Crippen LogP contribution >= 0.6 is 23.5 Å². The minimum Gasteiger partial charge on any atom is -0.466 e. The van der Waals surface area contributed by atoms with Crippen molar-refractivity contribution in [3.63, 3.8) is 0 Å². The molecule has 0 aliphatic heterocycles. The van der Waals surface area contributed by atoms with Crippen LogP contribution in [0.1, 0.15) is 52.4 Å². The number of esters is 1. The molecule has 0 saturated heterocycles. The maximum absolute atomic E-state index is 12.2. The van der Waals surface area contributed by atoms with Crippen molar-refractivity contribution in [2.24, 2.45) is 0 Å². The van der Waals surface area contributed by atoms with E-state index in [4.69, 9.17) is 9.47 Å². The smallest absolute Gasteiger partial charge is 0.305 e. The number of unbranched alkanes of at least 4 members (excludes halogenated alkanes) is 1. The van der Waals surface area contributed by atoms with Crippen molar-refractivity contribution in [3.05, 3.63) is 60.7 Å². The van der Waals surface area contributed by atoms with Gasteiger partial charge in [-0.25, -0.2) is 0 Å². The van der Waals surface area contributed by atoms with Gasteiger partial charge in [0.1, 0.15) is 0 Å². The second-order valence-electron chi connectivity index (χ2n) is 7.12. The molecule has 0 heterocycles. The van der Waals surface area contributed by atoms with E-state index in [0.717, 1.165) is 45.3 Å². The van der Waals surface area contributed by atoms with Crippen LogP contribution in [0.3, 0.4) is 0 Å². The van der Waals surface area contributed by atoms with Gasteiger partial charge in [0.2, 0.25) is 0 Å². The van der Waals surface area contributed by atoms with Gasteiger partial charge in [0.25, 0.3) is 0 Å². The van der Waals surface area contributed by atoms with E-state index >= 15 is 0 Å². The Balaban J connectivity index is 2.17. The molecule has 0 N–H and O–H groups in total. The third kappa shape index (κ3) is 9.59. The van der Waals surface area contributed by atoms with Crippen LogP contribution in [0.15, 0.2) is 70.5 Å². The molecule has 30 heavy (non-hydrogen) atoms. The quantitative estimate of drug-likeness (QED) is 0.125. The third-order valence-corrected chi connectivity index (χ3v) is 7.63. The van der Waals surface area contributed by atoms with E-state index < -0.39 is 0 Å². The summed E-state index contributed by atoms with van der Waals surface area (Å²) in [5, 5.41) is 0. The van der Waals surface area contributed by atoms with Gasteiger partial charge in [0, 0.05) is 29.4 Å². The molecule has 0 saturated carbocycles. The van der Waals surface area contributed by atoms with Crippen molar-refractivity contribution < 1.29 is 14.3 Å². The minimum absolute atomic E-state index is 0.115. The van der Waals surface area contributed by atoms with Gasteiger partial charge in [-0.05, 0) is 63.3 Å². The molecule has 0 unspecified atom stereocenters. The van der Waals surface area contributed by atoms with Crippen molar-refractivity contribution in [2.45, 2.75) is 66.2 Å². The number of carbonyl (C=O) groups is 1. The molecule has 0 aromatic heterocycles. The molecule has 0 bridgehead atoms. The molecule has 0 fully saturated rings. The van der Waals surface area contributed by atoms with Gasteiger partial charge in [0.15, 0.2) is 0 Å². The maximum atomic E-state index is 12.2. The van der Waals surface area contributed by atoms with Gasteiger partial charge in [0.05, 0.1) is 10.7 Å².